The molecule has 6 nitrogen and oxygen atoms in total. The smallest absolute Gasteiger partial charge is 0.315 e. The Morgan fingerprint density at radius 1 is 0.962 bits per heavy atom. The number of hydrogen-bond donors (Lipinski definition) is 2. The summed E-state index contributed by atoms with van der Waals surface area (Å²) >= 11 is 3.39. The fraction of sp³-hybridized carbons (Fsp3) is 0.211. The van der Waals surface area contributed by atoms with E-state index in [-0.39, 0.29) is 24.4 Å². The Labute approximate surface area is 159 Å². The second-order valence-corrected chi connectivity index (χ2v) is 6.82. The van der Waals surface area contributed by atoms with Crippen molar-refractivity contribution in [3.05, 3.63) is 69.7 Å². The van der Waals surface area contributed by atoms with Crippen LogP contribution in [-0.4, -0.2) is 35.8 Å². The fourth-order valence-corrected chi connectivity index (χ4v) is 3.22. The van der Waals surface area contributed by atoms with Crippen LogP contribution in [0.15, 0.2) is 53.0 Å². The molecule has 0 radical (unpaired) electrons. The number of fused-ring (bicyclic) bond motifs is 1. The Morgan fingerprint density at radius 3 is 2.31 bits per heavy atom. The molecule has 7 heteroatoms. The van der Waals surface area contributed by atoms with Gasteiger partial charge in [0.1, 0.15) is 0 Å². The van der Waals surface area contributed by atoms with Gasteiger partial charge in [0.15, 0.2) is 0 Å². The van der Waals surface area contributed by atoms with E-state index in [9.17, 15) is 14.4 Å². The van der Waals surface area contributed by atoms with Crippen molar-refractivity contribution in [2.45, 2.75) is 13.0 Å². The van der Waals surface area contributed by atoms with Gasteiger partial charge in [-0.3, -0.25) is 14.5 Å². The van der Waals surface area contributed by atoms with E-state index in [0.29, 0.717) is 30.6 Å². The highest BCUT2D eigenvalue weighted by atomic mass is 79.9. The third kappa shape index (κ3) is 4.11. The van der Waals surface area contributed by atoms with Gasteiger partial charge >= 0.3 is 6.03 Å². The second-order valence-electron chi connectivity index (χ2n) is 5.90. The Balaban J connectivity index is 1.40. The lowest BCUT2D eigenvalue weighted by Crippen LogP contribution is -2.37. The van der Waals surface area contributed by atoms with Crippen LogP contribution < -0.4 is 10.6 Å². The summed E-state index contributed by atoms with van der Waals surface area (Å²) in [5.74, 6) is -0.547. The van der Waals surface area contributed by atoms with Crippen molar-refractivity contribution in [2.24, 2.45) is 0 Å². The van der Waals surface area contributed by atoms with Crippen LogP contribution in [0.3, 0.4) is 0 Å². The number of urea groups is 1. The van der Waals surface area contributed by atoms with Crippen molar-refractivity contribution in [3.63, 3.8) is 0 Å². The van der Waals surface area contributed by atoms with Crippen molar-refractivity contribution in [1.29, 1.82) is 0 Å². The highest BCUT2D eigenvalue weighted by molar-refractivity contribution is 9.10. The summed E-state index contributed by atoms with van der Waals surface area (Å²) in [6.45, 7) is 1.07. The topological polar surface area (TPSA) is 78.5 Å². The Hall–Kier alpha value is -2.67. The van der Waals surface area contributed by atoms with E-state index in [2.05, 4.69) is 26.6 Å². The molecule has 2 aromatic rings. The van der Waals surface area contributed by atoms with Crippen LogP contribution in [0.1, 0.15) is 32.7 Å². The average molecular weight is 416 g/mol. The van der Waals surface area contributed by atoms with Crippen LogP contribution in [0.4, 0.5) is 4.79 Å². The average Bonchev–Trinajstić information content (AvgIpc) is 2.88. The monoisotopic (exact) mass is 415 g/mol. The molecular weight excluding hydrogens is 398 g/mol. The van der Waals surface area contributed by atoms with Gasteiger partial charge in [-0.25, -0.2) is 4.79 Å². The van der Waals surface area contributed by atoms with E-state index in [1.54, 1.807) is 24.3 Å². The van der Waals surface area contributed by atoms with Crippen molar-refractivity contribution >= 4 is 33.8 Å². The number of hydrogen-bond acceptors (Lipinski definition) is 3. The van der Waals surface area contributed by atoms with Crippen LogP contribution in [0.25, 0.3) is 0 Å². The molecule has 134 valence electrons. The maximum absolute atomic E-state index is 12.2. The number of carbonyl (C=O) groups excluding carboxylic acids is 3. The van der Waals surface area contributed by atoms with E-state index >= 15 is 0 Å². The van der Waals surface area contributed by atoms with Gasteiger partial charge in [0.25, 0.3) is 11.8 Å². The molecule has 1 aliphatic rings. The molecule has 0 atom stereocenters. The Kier molecular flexibility index (Phi) is 5.68. The third-order valence-electron chi connectivity index (χ3n) is 4.06. The molecule has 0 spiro atoms. The summed E-state index contributed by atoms with van der Waals surface area (Å²) in [6, 6.07) is 14.2. The van der Waals surface area contributed by atoms with E-state index in [1.165, 1.54) is 4.90 Å². The molecule has 3 rings (SSSR count). The third-order valence-corrected chi connectivity index (χ3v) is 4.56. The predicted molar refractivity (Wildman–Crippen MR) is 101 cm³/mol. The molecule has 0 bridgehead atoms. The lowest BCUT2D eigenvalue weighted by Gasteiger charge is -2.14. The first-order valence-electron chi connectivity index (χ1n) is 8.27. The highest BCUT2D eigenvalue weighted by Crippen LogP contribution is 2.22. The van der Waals surface area contributed by atoms with Crippen LogP contribution >= 0.6 is 15.9 Å². The maximum atomic E-state index is 12.2. The lowest BCUT2D eigenvalue weighted by molar-refractivity contribution is 0.0653. The van der Waals surface area contributed by atoms with Gasteiger partial charge in [0, 0.05) is 24.1 Å². The number of rotatable bonds is 6. The molecule has 0 unspecified atom stereocenters. The summed E-state index contributed by atoms with van der Waals surface area (Å²) in [5, 5.41) is 5.50. The number of amides is 4. The molecule has 2 N–H and O–H groups in total. The zero-order valence-corrected chi connectivity index (χ0v) is 15.6. The normalized spacial score (nSPS) is 12.9. The van der Waals surface area contributed by atoms with Crippen molar-refractivity contribution in [3.8, 4) is 0 Å². The number of nitrogens with one attached hydrogen (secondary N) is 2. The standard InChI is InChI=1S/C19H18BrN3O3/c20-14-6-3-5-13(11-14)12-22-19(26)21-9-4-10-23-17(24)15-7-1-2-8-16(15)18(23)25/h1-3,5-8,11H,4,9-10,12H2,(H2,21,22,26). The van der Waals surface area contributed by atoms with E-state index in [4.69, 9.17) is 0 Å². The minimum atomic E-state index is -0.285. The molecular formula is C19H18BrN3O3. The molecule has 1 aliphatic heterocycles. The fourth-order valence-electron chi connectivity index (χ4n) is 2.77. The molecule has 2 aromatic carbocycles. The number of carbonyl (C=O) groups is 3. The van der Waals surface area contributed by atoms with Gasteiger partial charge < -0.3 is 10.6 Å². The first-order chi connectivity index (χ1) is 12.6. The minimum Gasteiger partial charge on any atom is -0.338 e. The Bertz CT molecular complexity index is 818. The van der Waals surface area contributed by atoms with Crippen LogP contribution in [-0.2, 0) is 6.54 Å². The summed E-state index contributed by atoms with van der Waals surface area (Å²) in [5.41, 5.74) is 1.87. The number of imide groups is 1. The summed E-state index contributed by atoms with van der Waals surface area (Å²) in [6.07, 6.45) is 0.496. The molecule has 4 amide bonds. The predicted octanol–water partition coefficient (Wildman–Crippen LogP) is 2.93. The SMILES string of the molecule is O=C(NCCCN1C(=O)c2ccccc2C1=O)NCc1cccc(Br)c1. The number of benzene rings is 2. The largest absolute Gasteiger partial charge is 0.338 e. The van der Waals surface area contributed by atoms with Gasteiger partial charge in [-0.15, -0.1) is 0 Å². The van der Waals surface area contributed by atoms with Gasteiger partial charge in [-0.1, -0.05) is 40.2 Å². The number of halogens is 1. The molecule has 0 fully saturated rings. The quantitative estimate of drug-likeness (QED) is 0.562. The summed E-state index contributed by atoms with van der Waals surface area (Å²) in [7, 11) is 0. The molecule has 0 aliphatic carbocycles. The van der Waals surface area contributed by atoms with Crippen molar-refractivity contribution < 1.29 is 14.4 Å². The van der Waals surface area contributed by atoms with Crippen LogP contribution in [0.5, 0.6) is 0 Å². The maximum Gasteiger partial charge on any atom is 0.315 e. The second kappa shape index (κ2) is 8.14. The molecule has 0 saturated heterocycles. The first kappa shape index (κ1) is 18.1. The van der Waals surface area contributed by atoms with E-state index in [0.717, 1.165) is 10.0 Å². The van der Waals surface area contributed by atoms with Gasteiger partial charge in [-0.2, -0.15) is 0 Å². The summed E-state index contributed by atoms with van der Waals surface area (Å²) < 4.78 is 0.957. The van der Waals surface area contributed by atoms with Crippen molar-refractivity contribution in [1.82, 2.24) is 15.5 Å². The van der Waals surface area contributed by atoms with Crippen LogP contribution in [0.2, 0.25) is 0 Å². The highest BCUT2D eigenvalue weighted by Gasteiger charge is 2.34. The van der Waals surface area contributed by atoms with Gasteiger partial charge in [0.2, 0.25) is 0 Å². The van der Waals surface area contributed by atoms with Crippen molar-refractivity contribution in [2.75, 3.05) is 13.1 Å². The minimum absolute atomic E-state index is 0.273. The molecule has 0 aromatic heterocycles. The first-order valence-corrected chi connectivity index (χ1v) is 9.07. The zero-order chi connectivity index (χ0) is 18.5. The van der Waals surface area contributed by atoms with Crippen LogP contribution in [0, 0.1) is 0 Å². The number of nitrogens with zero attached hydrogens (tertiary/aromatic N) is 1. The van der Waals surface area contributed by atoms with Gasteiger partial charge in [0.05, 0.1) is 11.1 Å². The lowest BCUT2D eigenvalue weighted by atomic mass is 10.1. The molecule has 0 saturated carbocycles. The zero-order valence-electron chi connectivity index (χ0n) is 14.0. The van der Waals surface area contributed by atoms with Gasteiger partial charge in [-0.05, 0) is 36.2 Å². The Morgan fingerprint density at radius 2 is 1.65 bits per heavy atom. The van der Waals surface area contributed by atoms with E-state index < -0.39 is 0 Å². The van der Waals surface area contributed by atoms with E-state index in [1.807, 2.05) is 24.3 Å². The summed E-state index contributed by atoms with van der Waals surface area (Å²) in [4.78, 5) is 37.5. The molecule has 26 heavy (non-hydrogen) atoms. The molecule has 1 heterocycles.